The Hall–Kier alpha value is -6.34. The number of benzene rings is 4. The molecule has 6 nitrogen and oxygen atoms in total. The van der Waals surface area contributed by atoms with E-state index in [1.165, 1.54) is 6.08 Å². The third-order valence-corrected chi connectivity index (χ3v) is 9.78. The second-order valence-corrected chi connectivity index (χ2v) is 13.6. The maximum Gasteiger partial charge on any atom is 2.00 e. The van der Waals surface area contributed by atoms with Crippen LogP contribution >= 0.6 is 15.9 Å². The van der Waals surface area contributed by atoms with Crippen molar-refractivity contribution in [3.05, 3.63) is 178 Å². The number of rotatable bonds is 6. The van der Waals surface area contributed by atoms with E-state index in [1.54, 1.807) is 18.2 Å². The number of carbonyl (C=O) groups excluding carboxylic acids is 1. The van der Waals surface area contributed by atoms with E-state index in [-0.39, 0.29) is 16.5 Å². The van der Waals surface area contributed by atoms with Gasteiger partial charge in [0.25, 0.3) is 0 Å². The minimum atomic E-state index is -0.518. The Morgan fingerprint density at radius 2 is 0.909 bits per heavy atom. The van der Waals surface area contributed by atoms with Gasteiger partial charge in [0.15, 0.2) is 0 Å². The van der Waals surface area contributed by atoms with Gasteiger partial charge in [0.05, 0.1) is 22.8 Å². The fourth-order valence-corrected chi connectivity index (χ4v) is 7.05. The molecule has 5 heterocycles. The van der Waals surface area contributed by atoms with Gasteiger partial charge in [-0.1, -0.05) is 131 Å². The molecule has 4 aromatic carbocycles. The molecule has 266 valence electrons. The van der Waals surface area contributed by atoms with Crippen LogP contribution in [0, 0.1) is 0 Å². The Morgan fingerprint density at radius 1 is 0.509 bits per heavy atom. The topological polar surface area (TPSA) is 80.3 Å². The molecule has 2 aliphatic heterocycles. The largest absolute Gasteiger partial charge is 2.00 e. The molecule has 0 atom stereocenters. The van der Waals surface area contributed by atoms with Crippen LogP contribution in [0.15, 0.2) is 150 Å². The van der Waals surface area contributed by atoms with Crippen molar-refractivity contribution in [1.29, 1.82) is 0 Å². The molecule has 0 unspecified atom stereocenters. The molecule has 8 bridgehead atoms. The molecule has 3 aromatic heterocycles. The number of hydrogen-bond acceptors (Lipinski definition) is 4. The SMILES string of the molecule is O=C(/C=C/c1c2nc(c(-c3ccccc3)c3ccc([n-]3)c(-c3ccccc3)c3nc(c(-c4ccccc4)c4ccc1[n-]4)C=C3)C=C2)Oc1ccc(Br)cc1.[Ni+2]. The molecule has 0 saturated carbocycles. The molecule has 0 spiro atoms. The average molecular weight is 820 g/mol. The number of nitrogens with zero attached hydrogens (tertiary/aromatic N) is 4. The van der Waals surface area contributed by atoms with Crippen molar-refractivity contribution in [2.45, 2.75) is 0 Å². The molecule has 2 aliphatic rings. The molecule has 0 aliphatic carbocycles. The van der Waals surface area contributed by atoms with Crippen LogP contribution < -0.4 is 14.7 Å². The van der Waals surface area contributed by atoms with Crippen LogP contribution in [0.4, 0.5) is 0 Å². The Kier molecular flexibility index (Phi) is 10.1. The van der Waals surface area contributed by atoms with E-state index in [0.29, 0.717) is 22.5 Å². The summed E-state index contributed by atoms with van der Waals surface area (Å²) in [6.45, 7) is 0. The second-order valence-electron chi connectivity index (χ2n) is 12.7. The molecule has 7 aromatic rings. The fourth-order valence-electron chi connectivity index (χ4n) is 6.79. The first-order valence-electron chi connectivity index (χ1n) is 17.4. The van der Waals surface area contributed by atoms with Crippen molar-refractivity contribution >= 4 is 74.3 Å². The molecule has 9 rings (SSSR count). The first-order chi connectivity index (χ1) is 26.6. The zero-order valence-corrected chi connectivity index (χ0v) is 31.6. The van der Waals surface area contributed by atoms with Gasteiger partial charge in [-0.2, -0.15) is 0 Å². The van der Waals surface area contributed by atoms with Crippen LogP contribution in [0.25, 0.3) is 85.8 Å². The summed E-state index contributed by atoms with van der Waals surface area (Å²) >= 11 is 3.43. The molecular weight excluding hydrogens is 791 g/mol. The van der Waals surface area contributed by atoms with E-state index in [1.807, 2.05) is 103 Å². The number of hydrogen-bond donors (Lipinski definition) is 0. The van der Waals surface area contributed by atoms with Gasteiger partial charge in [-0.25, -0.2) is 14.8 Å². The number of carbonyl (C=O) groups is 1. The van der Waals surface area contributed by atoms with Gasteiger partial charge in [0.2, 0.25) is 0 Å². The van der Waals surface area contributed by atoms with Gasteiger partial charge in [0.1, 0.15) is 5.75 Å². The molecule has 0 fully saturated rings. The number of halogens is 1. The summed E-state index contributed by atoms with van der Waals surface area (Å²) in [7, 11) is 0. The Bertz CT molecular complexity index is 2770. The molecule has 8 heteroatoms. The Labute approximate surface area is 336 Å². The fraction of sp³-hybridized carbons (Fsp3) is 0. The van der Waals surface area contributed by atoms with Crippen molar-refractivity contribution in [3.63, 3.8) is 0 Å². The van der Waals surface area contributed by atoms with Crippen molar-refractivity contribution in [3.8, 4) is 39.1 Å². The Morgan fingerprint density at radius 3 is 1.38 bits per heavy atom. The van der Waals surface area contributed by atoms with Crippen LogP contribution in [-0.2, 0) is 21.3 Å². The molecule has 0 radical (unpaired) electrons. The van der Waals surface area contributed by atoms with Crippen LogP contribution in [0.3, 0.4) is 0 Å². The maximum absolute atomic E-state index is 13.1. The summed E-state index contributed by atoms with van der Waals surface area (Å²) in [6, 6.07) is 45.8. The normalized spacial score (nSPS) is 11.8. The maximum atomic E-state index is 13.1. The summed E-state index contributed by atoms with van der Waals surface area (Å²) in [5, 5.41) is 0. The summed E-state index contributed by atoms with van der Waals surface area (Å²) in [5.41, 5.74) is 12.3. The first-order valence-corrected chi connectivity index (χ1v) is 18.2. The van der Waals surface area contributed by atoms with E-state index in [4.69, 9.17) is 24.7 Å². The summed E-state index contributed by atoms with van der Waals surface area (Å²) in [4.78, 5) is 34.1. The summed E-state index contributed by atoms with van der Waals surface area (Å²) in [5.74, 6) is -0.0746. The van der Waals surface area contributed by atoms with E-state index in [2.05, 4.69) is 64.5 Å². The van der Waals surface area contributed by atoms with E-state index in [9.17, 15) is 4.79 Å². The van der Waals surface area contributed by atoms with Crippen LogP contribution in [-0.4, -0.2) is 15.9 Å². The van der Waals surface area contributed by atoms with E-state index < -0.39 is 5.97 Å². The van der Waals surface area contributed by atoms with Gasteiger partial charge < -0.3 is 14.7 Å². The third-order valence-electron chi connectivity index (χ3n) is 9.25. The van der Waals surface area contributed by atoms with Gasteiger partial charge >= 0.3 is 22.5 Å². The zero-order chi connectivity index (χ0) is 36.4. The van der Waals surface area contributed by atoms with Gasteiger partial charge in [-0.05, 0) is 93.6 Å². The molecular formula is C47H29BrN4NiO2. The number of ether oxygens (including phenoxy) is 1. The van der Waals surface area contributed by atoms with Crippen LogP contribution in [0.2, 0.25) is 0 Å². The van der Waals surface area contributed by atoms with Gasteiger partial charge in [0, 0.05) is 10.5 Å². The molecule has 55 heavy (non-hydrogen) atoms. The smallest absolute Gasteiger partial charge is 0.657 e. The van der Waals surface area contributed by atoms with Crippen LogP contribution in [0.1, 0.15) is 28.3 Å². The first kappa shape index (κ1) is 35.7. The predicted octanol–water partition coefficient (Wildman–Crippen LogP) is 11.3. The zero-order valence-electron chi connectivity index (χ0n) is 29.0. The van der Waals surface area contributed by atoms with E-state index >= 15 is 0 Å². The summed E-state index contributed by atoms with van der Waals surface area (Å²) in [6.07, 6.45) is 11.2. The van der Waals surface area contributed by atoms with Gasteiger partial charge in [-0.3, -0.25) is 0 Å². The van der Waals surface area contributed by atoms with Crippen molar-refractivity contribution in [1.82, 2.24) is 19.9 Å². The third kappa shape index (κ3) is 7.30. The second kappa shape index (κ2) is 15.6. The van der Waals surface area contributed by atoms with Gasteiger partial charge in [-0.15, -0.1) is 22.1 Å². The van der Waals surface area contributed by atoms with Crippen molar-refractivity contribution < 1.29 is 26.0 Å². The summed E-state index contributed by atoms with van der Waals surface area (Å²) < 4.78 is 6.52. The van der Waals surface area contributed by atoms with Crippen molar-refractivity contribution in [2.24, 2.45) is 0 Å². The number of aromatic nitrogens is 4. The molecule has 0 amide bonds. The van der Waals surface area contributed by atoms with Crippen molar-refractivity contribution in [2.75, 3.05) is 0 Å². The quantitative estimate of drug-likeness (QED) is 0.0719. The molecule has 0 saturated heterocycles. The van der Waals surface area contributed by atoms with E-state index in [0.717, 1.165) is 71.5 Å². The number of fused-ring (bicyclic) bond motifs is 8. The monoisotopic (exact) mass is 818 g/mol. The Balaban J connectivity index is 0.00000427. The predicted molar refractivity (Wildman–Crippen MR) is 222 cm³/mol. The number of esters is 1. The minimum Gasteiger partial charge on any atom is -0.657 e. The molecule has 0 N–H and O–H groups in total. The average Bonchev–Trinajstić information content (AvgIpc) is 4.05. The standard InChI is InChI=1S/C47H30BrN4O2.Ni/c48-33-16-18-34(19-17-33)54-44(53)29-20-35-36-21-23-38(49-36)45(30-10-4-1-5-11-30)40-25-27-42(51-40)47(32-14-8-3-9-15-32)43-28-26-41(52-43)46(31-12-6-2-7-13-31)39-24-22-37(35)50-39;/h1-29H,(H-,49,50,51,52,53);/q-1;+2/p-1. The van der Waals surface area contributed by atoms with Crippen LogP contribution in [0.5, 0.6) is 5.75 Å². The minimum absolute atomic E-state index is 0.